The van der Waals surface area contributed by atoms with Gasteiger partial charge in [-0.3, -0.25) is 4.90 Å². The van der Waals surface area contributed by atoms with Gasteiger partial charge in [-0.2, -0.15) is 0 Å². The summed E-state index contributed by atoms with van der Waals surface area (Å²) >= 11 is 5.33. The number of nitrogens with zero attached hydrogens (tertiary/aromatic N) is 1. The van der Waals surface area contributed by atoms with Gasteiger partial charge in [-0.1, -0.05) is 13.8 Å². The standard InChI is InChI=1S/C12H19BrN2S/c1-12(2)8-15(4-3-11(12)14)6-10-5-9(13)7-16-10/h5,7,11H,3-4,6,8,14H2,1-2H3. The summed E-state index contributed by atoms with van der Waals surface area (Å²) < 4.78 is 1.19. The molecule has 2 heterocycles. The van der Waals surface area contributed by atoms with E-state index < -0.39 is 0 Å². The third kappa shape index (κ3) is 2.86. The van der Waals surface area contributed by atoms with Crippen LogP contribution in [0.4, 0.5) is 0 Å². The maximum atomic E-state index is 6.14. The van der Waals surface area contributed by atoms with Crippen molar-refractivity contribution in [1.29, 1.82) is 0 Å². The van der Waals surface area contributed by atoms with E-state index in [1.54, 1.807) is 0 Å². The summed E-state index contributed by atoms with van der Waals surface area (Å²) in [5, 5.41) is 2.15. The first-order valence-electron chi connectivity index (χ1n) is 5.68. The van der Waals surface area contributed by atoms with Crippen molar-refractivity contribution in [2.24, 2.45) is 11.1 Å². The molecule has 1 fully saturated rings. The minimum absolute atomic E-state index is 0.243. The van der Waals surface area contributed by atoms with E-state index in [4.69, 9.17) is 5.73 Å². The van der Waals surface area contributed by atoms with Gasteiger partial charge in [-0.05, 0) is 33.8 Å². The lowest BCUT2D eigenvalue weighted by Crippen LogP contribution is -2.51. The summed E-state index contributed by atoms with van der Waals surface area (Å²) in [5.74, 6) is 0. The summed E-state index contributed by atoms with van der Waals surface area (Å²) in [4.78, 5) is 3.94. The van der Waals surface area contributed by atoms with Gasteiger partial charge < -0.3 is 5.73 Å². The van der Waals surface area contributed by atoms with E-state index >= 15 is 0 Å². The van der Waals surface area contributed by atoms with Crippen LogP contribution in [0.15, 0.2) is 15.9 Å². The lowest BCUT2D eigenvalue weighted by Gasteiger charge is -2.42. The second kappa shape index (κ2) is 4.77. The maximum absolute atomic E-state index is 6.14. The minimum Gasteiger partial charge on any atom is -0.327 e. The highest BCUT2D eigenvalue weighted by atomic mass is 79.9. The van der Waals surface area contributed by atoms with Gasteiger partial charge in [-0.25, -0.2) is 0 Å². The molecule has 1 saturated heterocycles. The monoisotopic (exact) mass is 302 g/mol. The van der Waals surface area contributed by atoms with Crippen LogP contribution in [-0.4, -0.2) is 24.0 Å². The molecule has 0 spiro atoms. The van der Waals surface area contributed by atoms with Crippen molar-refractivity contribution in [1.82, 2.24) is 4.90 Å². The van der Waals surface area contributed by atoms with Crippen molar-refractivity contribution >= 4 is 27.3 Å². The van der Waals surface area contributed by atoms with Crippen molar-refractivity contribution < 1.29 is 0 Å². The highest BCUT2D eigenvalue weighted by Crippen LogP contribution is 2.29. The Morgan fingerprint density at radius 3 is 2.94 bits per heavy atom. The van der Waals surface area contributed by atoms with Crippen LogP contribution in [0.3, 0.4) is 0 Å². The molecule has 0 saturated carbocycles. The van der Waals surface area contributed by atoms with Crippen LogP contribution in [0.5, 0.6) is 0 Å². The van der Waals surface area contributed by atoms with E-state index in [2.05, 4.69) is 46.1 Å². The zero-order chi connectivity index (χ0) is 11.8. The Kier molecular flexibility index (Phi) is 3.74. The fourth-order valence-electron chi connectivity index (χ4n) is 2.28. The van der Waals surface area contributed by atoms with Crippen LogP contribution in [0.2, 0.25) is 0 Å². The molecule has 1 aliphatic rings. The number of piperidine rings is 1. The zero-order valence-electron chi connectivity index (χ0n) is 9.87. The van der Waals surface area contributed by atoms with Crippen molar-refractivity contribution in [3.05, 3.63) is 20.8 Å². The lowest BCUT2D eigenvalue weighted by molar-refractivity contribution is 0.0907. The van der Waals surface area contributed by atoms with Gasteiger partial charge >= 0.3 is 0 Å². The van der Waals surface area contributed by atoms with E-state index in [0.29, 0.717) is 6.04 Å². The predicted molar refractivity (Wildman–Crippen MR) is 73.7 cm³/mol. The Balaban J connectivity index is 1.97. The van der Waals surface area contributed by atoms with Gasteiger partial charge in [0.05, 0.1) is 0 Å². The molecule has 1 aromatic rings. The first-order chi connectivity index (χ1) is 7.47. The van der Waals surface area contributed by atoms with Gasteiger partial charge in [0.1, 0.15) is 0 Å². The largest absolute Gasteiger partial charge is 0.327 e. The predicted octanol–water partition coefficient (Wildman–Crippen LogP) is 3.07. The average molecular weight is 303 g/mol. The van der Waals surface area contributed by atoms with Gasteiger partial charge in [0.15, 0.2) is 0 Å². The Morgan fingerprint density at radius 2 is 2.38 bits per heavy atom. The molecule has 16 heavy (non-hydrogen) atoms. The van der Waals surface area contributed by atoms with Gasteiger partial charge in [0.2, 0.25) is 0 Å². The van der Waals surface area contributed by atoms with Crippen LogP contribution in [0.25, 0.3) is 0 Å². The summed E-state index contributed by atoms with van der Waals surface area (Å²) in [6.07, 6.45) is 1.11. The van der Waals surface area contributed by atoms with Crippen LogP contribution in [0, 0.1) is 5.41 Å². The third-order valence-electron chi connectivity index (χ3n) is 3.39. The fraction of sp³-hybridized carbons (Fsp3) is 0.667. The second-order valence-corrected chi connectivity index (χ2v) is 7.24. The highest BCUT2D eigenvalue weighted by molar-refractivity contribution is 9.10. The molecule has 90 valence electrons. The van der Waals surface area contributed by atoms with E-state index in [0.717, 1.165) is 26.1 Å². The van der Waals surface area contributed by atoms with Gasteiger partial charge in [0.25, 0.3) is 0 Å². The number of hydrogen-bond acceptors (Lipinski definition) is 3. The summed E-state index contributed by atoms with van der Waals surface area (Å²) in [7, 11) is 0. The van der Waals surface area contributed by atoms with E-state index in [1.165, 1.54) is 9.35 Å². The average Bonchev–Trinajstić information content (AvgIpc) is 2.57. The molecule has 2 nitrogen and oxygen atoms in total. The molecule has 4 heteroatoms. The first kappa shape index (κ1) is 12.6. The molecule has 0 radical (unpaired) electrons. The molecule has 1 aromatic heterocycles. The van der Waals surface area contributed by atoms with Crippen molar-refractivity contribution in [3.63, 3.8) is 0 Å². The second-order valence-electron chi connectivity index (χ2n) is 5.33. The molecule has 0 aliphatic carbocycles. The van der Waals surface area contributed by atoms with E-state index in [1.807, 2.05) is 11.3 Å². The van der Waals surface area contributed by atoms with Crippen LogP contribution < -0.4 is 5.73 Å². The van der Waals surface area contributed by atoms with Crippen LogP contribution >= 0.6 is 27.3 Å². The molecule has 0 aromatic carbocycles. The molecule has 1 atom stereocenters. The van der Waals surface area contributed by atoms with Gasteiger partial charge in [-0.15, -0.1) is 11.3 Å². The number of likely N-dealkylation sites (tertiary alicyclic amines) is 1. The normalized spacial score (nSPS) is 25.9. The quantitative estimate of drug-likeness (QED) is 0.910. The Bertz CT molecular complexity index is 362. The number of hydrogen-bond donors (Lipinski definition) is 1. The van der Waals surface area contributed by atoms with Crippen molar-refractivity contribution in [2.45, 2.75) is 32.9 Å². The minimum atomic E-state index is 0.243. The summed E-state index contributed by atoms with van der Waals surface area (Å²) in [6.45, 7) is 7.83. The maximum Gasteiger partial charge on any atom is 0.0328 e. The van der Waals surface area contributed by atoms with Crippen LogP contribution in [-0.2, 0) is 6.54 Å². The summed E-state index contributed by atoms with van der Waals surface area (Å²) in [6, 6.07) is 2.56. The molecule has 0 amide bonds. The topological polar surface area (TPSA) is 29.3 Å². The van der Waals surface area contributed by atoms with E-state index in [-0.39, 0.29) is 5.41 Å². The number of rotatable bonds is 2. The van der Waals surface area contributed by atoms with Crippen molar-refractivity contribution in [3.8, 4) is 0 Å². The Morgan fingerprint density at radius 1 is 1.62 bits per heavy atom. The number of thiophene rings is 1. The fourth-order valence-corrected chi connectivity index (χ4v) is 3.77. The first-order valence-corrected chi connectivity index (χ1v) is 7.35. The molecular weight excluding hydrogens is 284 g/mol. The van der Waals surface area contributed by atoms with E-state index in [9.17, 15) is 0 Å². The Hall–Kier alpha value is 0.1000. The smallest absolute Gasteiger partial charge is 0.0328 e. The zero-order valence-corrected chi connectivity index (χ0v) is 12.3. The number of halogens is 1. The molecule has 0 bridgehead atoms. The molecular formula is C12H19BrN2S. The molecule has 2 rings (SSSR count). The van der Waals surface area contributed by atoms with Crippen molar-refractivity contribution in [2.75, 3.05) is 13.1 Å². The third-order valence-corrected chi connectivity index (χ3v) is 5.07. The Labute approximate surface area is 110 Å². The molecule has 1 aliphatic heterocycles. The lowest BCUT2D eigenvalue weighted by atomic mass is 9.80. The molecule has 2 N–H and O–H groups in total. The summed E-state index contributed by atoms with van der Waals surface area (Å²) in [5.41, 5.74) is 6.38. The van der Waals surface area contributed by atoms with Gasteiger partial charge in [0, 0.05) is 40.4 Å². The molecule has 1 unspecified atom stereocenters. The SMILES string of the molecule is CC1(C)CN(Cc2cc(Br)cs2)CCC1N. The van der Waals surface area contributed by atoms with Crippen LogP contribution in [0.1, 0.15) is 25.1 Å². The highest BCUT2D eigenvalue weighted by Gasteiger charge is 2.33. The number of nitrogens with two attached hydrogens (primary N) is 1.